The molecule has 0 bridgehead atoms. The first kappa shape index (κ1) is 16.6. The number of nitrogens with one attached hydrogen (secondary N) is 1. The molecule has 1 saturated carbocycles. The van der Waals surface area contributed by atoms with Crippen molar-refractivity contribution in [2.24, 2.45) is 5.92 Å². The van der Waals surface area contributed by atoms with Crippen molar-refractivity contribution >= 4 is 28.2 Å². The van der Waals surface area contributed by atoms with Crippen molar-refractivity contribution < 1.29 is 9.59 Å². The van der Waals surface area contributed by atoms with Crippen molar-refractivity contribution in [3.63, 3.8) is 0 Å². The van der Waals surface area contributed by atoms with E-state index in [1.54, 1.807) is 11.3 Å². The largest absolute Gasteiger partial charge is 0.340 e. The number of piperazine rings is 1. The fourth-order valence-corrected chi connectivity index (χ4v) is 4.95. The minimum absolute atomic E-state index is 0.0709. The normalized spacial score (nSPS) is 20.2. The molecule has 0 aromatic carbocycles. The summed E-state index contributed by atoms with van der Waals surface area (Å²) in [5.41, 5.74) is 1.79. The highest BCUT2D eigenvalue weighted by molar-refractivity contribution is 7.16. The van der Waals surface area contributed by atoms with Crippen molar-refractivity contribution in [1.29, 1.82) is 5.26 Å². The smallest absolute Gasteiger partial charge is 0.239 e. The molecule has 1 N–H and O–H groups in total. The van der Waals surface area contributed by atoms with Crippen LogP contribution < -0.4 is 5.32 Å². The average Bonchev–Trinajstić information content (AvgIpc) is 3.27. The Morgan fingerprint density at radius 2 is 1.96 bits per heavy atom. The van der Waals surface area contributed by atoms with E-state index in [2.05, 4.69) is 16.3 Å². The lowest BCUT2D eigenvalue weighted by Gasteiger charge is -2.34. The van der Waals surface area contributed by atoms with Gasteiger partial charge in [-0.2, -0.15) is 5.26 Å². The summed E-state index contributed by atoms with van der Waals surface area (Å²) in [5.74, 6) is 0.481. The van der Waals surface area contributed by atoms with Crippen LogP contribution in [0.25, 0.3) is 0 Å². The topological polar surface area (TPSA) is 76.4 Å². The summed E-state index contributed by atoms with van der Waals surface area (Å²) in [7, 11) is 0. The number of anilines is 1. The molecule has 0 atom stereocenters. The van der Waals surface area contributed by atoms with Gasteiger partial charge in [0.2, 0.25) is 11.8 Å². The lowest BCUT2D eigenvalue weighted by Crippen LogP contribution is -2.50. The third-order valence-corrected chi connectivity index (χ3v) is 6.47. The minimum atomic E-state index is -0.0709. The highest BCUT2D eigenvalue weighted by Crippen LogP contribution is 2.38. The van der Waals surface area contributed by atoms with Gasteiger partial charge in [0.05, 0.1) is 12.1 Å². The summed E-state index contributed by atoms with van der Waals surface area (Å²) in [6, 6.07) is 2.26. The van der Waals surface area contributed by atoms with Crippen LogP contribution in [0.2, 0.25) is 0 Å². The first-order chi connectivity index (χ1) is 12.2. The number of carbonyl (C=O) groups is 2. The van der Waals surface area contributed by atoms with Crippen molar-refractivity contribution in [2.75, 3.05) is 38.0 Å². The third-order valence-electron chi connectivity index (χ3n) is 5.26. The number of hydrogen-bond acceptors (Lipinski definition) is 5. The molecule has 2 heterocycles. The van der Waals surface area contributed by atoms with E-state index in [9.17, 15) is 14.9 Å². The van der Waals surface area contributed by atoms with Crippen LogP contribution in [-0.2, 0) is 22.4 Å². The molecule has 1 aromatic rings. The van der Waals surface area contributed by atoms with Gasteiger partial charge in [-0.3, -0.25) is 14.5 Å². The molecular formula is C18H22N4O2S. The van der Waals surface area contributed by atoms with E-state index in [0.29, 0.717) is 30.2 Å². The second-order valence-electron chi connectivity index (χ2n) is 7.10. The standard InChI is InChI=1S/C18H22N4O2S/c19-10-14-13-2-1-3-15(13)25-17(14)20-16(23)11-21-6-8-22(9-7-21)18(24)12-4-5-12/h12H,1-9,11H2,(H,20,23). The number of rotatable bonds is 4. The van der Waals surface area contributed by atoms with Crippen LogP contribution in [0.5, 0.6) is 0 Å². The molecule has 0 radical (unpaired) electrons. The molecule has 2 fully saturated rings. The molecular weight excluding hydrogens is 336 g/mol. The van der Waals surface area contributed by atoms with Crippen LogP contribution in [0.4, 0.5) is 5.00 Å². The van der Waals surface area contributed by atoms with Gasteiger partial charge in [0.15, 0.2) is 0 Å². The fraction of sp³-hybridized carbons (Fsp3) is 0.611. The van der Waals surface area contributed by atoms with E-state index in [1.807, 2.05) is 4.90 Å². The van der Waals surface area contributed by atoms with Gasteiger partial charge < -0.3 is 10.2 Å². The Morgan fingerprint density at radius 1 is 1.20 bits per heavy atom. The SMILES string of the molecule is N#Cc1c(NC(=O)CN2CCN(C(=O)C3CC3)CC2)sc2c1CCC2. The van der Waals surface area contributed by atoms with Gasteiger partial charge in [0.25, 0.3) is 0 Å². The van der Waals surface area contributed by atoms with E-state index in [0.717, 1.165) is 50.8 Å². The Morgan fingerprint density at radius 3 is 2.64 bits per heavy atom. The number of fused-ring (bicyclic) bond motifs is 1. The molecule has 132 valence electrons. The number of hydrogen-bond donors (Lipinski definition) is 1. The van der Waals surface area contributed by atoms with Crippen LogP contribution in [0, 0.1) is 17.2 Å². The van der Waals surface area contributed by atoms with Crippen molar-refractivity contribution in [3.05, 3.63) is 16.0 Å². The van der Waals surface area contributed by atoms with E-state index in [4.69, 9.17) is 0 Å². The van der Waals surface area contributed by atoms with Crippen LogP contribution >= 0.6 is 11.3 Å². The summed E-state index contributed by atoms with van der Waals surface area (Å²) in [4.78, 5) is 29.7. The molecule has 0 spiro atoms. The number of aryl methyl sites for hydroxylation is 1. The maximum absolute atomic E-state index is 12.4. The van der Waals surface area contributed by atoms with Crippen molar-refractivity contribution in [1.82, 2.24) is 9.80 Å². The fourth-order valence-electron chi connectivity index (χ4n) is 3.69. The van der Waals surface area contributed by atoms with Gasteiger partial charge in [-0.05, 0) is 37.7 Å². The predicted molar refractivity (Wildman–Crippen MR) is 95.4 cm³/mol. The van der Waals surface area contributed by atoms with E-state index >= 15 is 0 Å². The van der Waals surface area contributed by atoms with Crippen molar-refractivity contribution in [2.45, 2.75) is 32.1 Å². The molecule has 3 aliphatic rings. The number of nitriles is 1. The summed E-state index contributed by atoms with van der Waals surface area (Å²) < 4.78 is 0. The van der Waals surface area contributed by atoms with Crippen LogP contribution in [0.1, 0.15) is 35.3 Å². The minimum Gasteiger partial charge on any atom is -0.340 e. The molecule has 4 rings (SSSR count). The monoisotopic (exact) mass is 358 g/mol. The Hall–Kier alpha value is -1.91. The molecule has 2 aliphatic carbocycles. The maximum Gasteiger partial charge on any atom is 0.239 e. The number of nitrogens with zero attached hydrogens (tertiary/aromatic N) is 3. The van der Waals surface area contributed by atoms with E-state index in [-0.39, 0.29) is 17.7 Å². The second kappa shape index (κ2) is 6.77. The van der Waals surface area contributed by atoms with Gasteiger partial charge in [-0.1, -0.05) is 0 Å². The third kappa shape index (κ3) is 3.42. The van der Waals surface area contributed by atoms with Crippen LogP contribution in [-0.4, -0.2) is 54.3 Å². The highest BCUT2D eigenvalue weighted by Gasteiger charge is 2.34. The van der Waals surface area contributed by atoms with E-state index < -0.39 is 0 Å². The summed E-state index contributed by atoms with van der Waals surface area (Å²) in [6.45, 7) is 3.20. The Kier molecular flexibility index (Phi) is 4.48. The number of amides is 2. The summed E-state index contributed by atoms with van der Waals surface area (Å²) in [5, 5.41) is 13.0. The first-order valence-electron chi connectivity index (χ1n) is 9.01. The number of thiophene rings is 1. The van der Waals surface area contributed by atoms with Crippen LogP contribution in [0.3, 0.4) is 0 Å². The maximum atomic E-state index is 12.4. The van der Waals surface area contributed by atoms with E-state index in [1.165, 1.54) is 4.88 Å². The summed E-state index contributed by atoms with van der Waals surface area (Å²) >= 11 is 1.55. The number of carbonyl (C=O) groups excluding carboxylic acids is 2. The molecule has 7 heteroatoms. The zero-order chi connectivity index (χ0) is 17.4. The Balaban J connectivity index is 1.30. The molecule has 1 aromatic heterocycles. The lowest BCUT2D eigenvalue weighted by atomic mass is 10.1. The van der Waals surface area contributed by atoms with Gasteiger partial charge in [0, 0.05) is 37.0 Å². The quantitative estimate of drug-likeness (QED) is 0.887. The molecule has 6 nitrogen and oxygen atoms in total. The Bertz CT molecular complexity index is 739. The van der Waals surface area contributed by atoms with Gasteiger partial charge in [-0.15, -0.1) is 11.3 Å². The van der Waals surface area contributed by atoms with Gasteiger partial charge in [0.1, 0.15) is 11.1 Å². The highest BCUT2D eigenvalue weighted by atomic mass is 32.1. The first-order valence-corrected chi connectivity index (χ1v) is 9.83. The zero-order valence-electron chi connectivity index (χ0n) is 14.2. The molecule has 25 heavy (non-hydrogen) atoms. The molecule has 1 saturated heterocycles. The zero-order valence-corrected chi connectivity index (χ0v) is 15.0. The van der Waals surface area contributed by atoms with Gasteiger partial charge >= 0.3 is 0 Å². The molecule has 1 aliphatic heterocycles. The van der Waals surface area contributed by atoms with Crippen molar-refractivity contribution in [3.8, 4) is 6.07 Å². The average molecular weight is 358 g/mol. The van der Waals surface area contributed by atoms with Crippen LogP contribution in [0.15, 0.2) is 0 Å². The Labute approximate surface area is 151 Å². The molecule has 2 amide bonds. The van der Waals surface area contributed by atoms with Gasteiger partial charge in [-0.25, -0.2) is 0 Å². The second-order valence-corrected chi connectivity index (χ2v) is 8.20. The molecule has 0 unspecified atom stereocenters. The predicted octanol–water partition coefficient (Wildman–Crippen LogP) is 1.60. The summed E-state index contributed by atoms with van der Waals surface area (Å²) in [6.07, 6.45) is 5.14. The lowest BCUT2D eigenvalue weighted by molar-refractivity contribution is -0.134.